The van der Waals surface area contributed by atoms with E-state index in [4.69, 9.17) is 0 Å². The fraction of sp³-hybridized carbons (Fsp3) is 0.412. The molecule has 7 nitrogen and oxygen atoms in total. The normalized spacial score (nSPS) is 14.6. The van der Waals surface area contributed by atoms with Crippen LogP contribution in [0.15, 0.2) is 24.5 Å². The molecule has 0 radical (unpaired) electrons. The summed E-state index contributed by atoms with van der Waals surface area (Å²) in [4.78, 5) is 19.3. The first-order valence-corrected chi connectivity index (χ1v) is 8.14. The number of hydrogen-bond donors (Lipinski definition) is 2. The number of anilines is 3. The van der Waals surface area contributed by atoms with Crippen LogP contribution in [0.1, 0.15) is 36.8 Å². The van der Waals surface area contributed by atoms with Gasteiger partial charge in [0.25, 0.3) is 0 Å². The van der Waals surface area contributed by atoms with Gasteiger partial charge in [-0.1, -0.05) is 18.9 Å². The summed E-state index contributed by atoms with van der Waals surface area (Å²) in [6.45, 7) is 3.97. The summed E-state index contributed by atoms with van der Waals surface area (Å²) in [7, 11) is 0. The maximum atomic E-state index is 11.6. The standard InChI is InChI=1S/C17H21N5O2/c1-11-7-12(2)9-14(8-11)21-17-15(22(23)24)16(18-10-19-17)20-13-5-3-4-6-13/h7-10,13H,3-6H2,1-2H3,(H2,18,19,20,21). The number of aryl methyl sites for hydroxylation is 2. The Bertz CT molecular complexity index is 736. The lowest BCUT2D eigenvalue weighted by Crippen LogP contribution is -2.17. The van der Waals surface area contributed by atoms with Crippen LogP contribution in [0.25, 0.3) is 0 Å². The van der Waals surface area contributed by atoms with Gasteiger partial charge in [-0.2, -0.15) is 0 Å². The lowest BCUT2D eigenvalue weighted by Gasteiger charge is -2.14. The van der Waals surface area contributed by atoms with E-state index in [0.717, 1.165) is 42.5 Å². The minimum absolute atomic E-state index is 0.108. The third-order valence-electron chi connectivity index (χ3n) is 4.19. The van der Waals surface area contributed by atoms with E-state index in [-0.39, 0.29) is 23.4 Å². The van der Waals surface area contributed by atoms with Crippen molar-refractivity contribution in [2.24, 2.45) is 0 Å². The second kappa shape index (κ2) is 6.82. The molecule has 0 saturated heterocycles. The first-order valence-electron chi connectivity index (χ1n) is 8.14. The van der Waals surface area contributed by atoms with E-state index in [9.17, 15) is 10.1 Å². The molecule has 3 rings (SSSR count). The van der Waals surface area contributed by atoms with Crippen LogP contribution in [0.4, 0.5) is 23.0 Å². The Balaban J connectivity index is 1.93. The molecule has 2 N–H and O–H groups in total. The predicted molar refractivity (Wildman–Crippen MR) is 93.8 cm³/mol. The molecule has 2 aromatic rings. The van der Waals surface area contributed by atoms with Gasteiger partial charge in [0.15, 0.2) is 0 Å². The van der Waals surface area contributed by atoms with Crippen LogP contribution in [-0.2, 0) is 0 Å². The van der Waals surface area contributed by atoms with E-state index in [1.165, 1.54) is 6.33 Å². The molecule has 126 valence electrons. The first-order chi connectivity index (χ1) is 11.5. The Labute approximate surface area is 140 Å². The lowest BCUT2D eigenvalue weighted by molar-refractivity contribution is -0.383. The summed E-state index contributed by atoms with van der Waals surface area (Å²) in [5.41, 5.74) is 2.83. The summed E-state index contributed by atoms with van der Waals surface area (Å²) in [6.07, 6.45) is 5.67. The third-order valence-corrected chi connectivity index (χ3v) is 4.19. The minimum Gasteiger partial charge on any atom is -0.361 e. The highest BCUT2D eigenvalue weighted by Gasteiger charge is 2.26. The molecule has 0 bridgehead atoms. The van der Waals surface area contributed by atoms with Gasteiger partial charge in [0, 0.05) is 11.7 Å². The Morgan fingerprint density at radius 1 is 1.08 bits per heavy atom. The number of benzene rings is 1. The van der Waals surface area contributed by atoms with Gasteiger partial charge in [-0.3, -0.25) is 10.1 Å². The van der Waals surface area contributed by atoms with Crippen molar-refractivity contribution in [3.8, 4) is 0 Å². The molecular formula is C17H21N5O2. The van der Waals surface area contributed by atoms with Gasteiger partial charge in [-0.05, 0) is 49.9 Å². The molecule has 1 heterocycles. The molecule has 1 aliphatic rings. The molecule has 1 aliphatic carbocycles. The van der Waals surface area contributed by atoms with Crippen molar-refractivity contribution < 1.29 is 4.92 Å². The molecule has 24 heavy (non-hydrogen) atoms. The summed E-state index contributed by atoms with van der Waals surface area (Å²) in [5.74, 6) is 0.495. The van der Waals surface area contributed by atoms with Gasteiger partial charge in [-0.15, -0.1) is 0 Å². The fourth-order valence-electron chi connectivity index (χ4n) is 3.20. The van der Waals surface area contributed by atoms with Crippen molar-refractivity contribution in [3.63, 3.8) is 0 Å². The van der Waals surface area contributed by atoms with E-state index in [1.807, 2.05) is 32.0 Å². The highest BCUT2D eigenvalue weighted by molar-refractivity contribution is 5.74. The molecule has 7 heteroatoms. The summed E-state index contributed by atoms with van der Waals surface area (Å²) in [5, 5.41) is 17.9. The second-order valence-electron chi connectivity index (χ2n) is 6.30. The Hall–Kier alpha value is -2.70. The third kappa shape index (κ3) is 3.61. The molecule has 0 aliphatic heterocycles. The number of nitrogens with one attached hydrogen (secondary N) is 2. The number of nitro groups is 1. The number of aromatic nitrogens is 2. The monoisotopic (exact) mass is 327 g/mol. The highest BCUT2D eigenvalue weighted by atomic mass is 16.6. The number of hydrogen-bond acceptors (Lipinski definition) is 6. The zero-order chi connectivity index (χ0) is 17.1. The smallest absolute Gasteiger partial charge is 0.353 e. The van der Waals surface area contributed by atoms with E-state index in [0.29, 0.717) is 0 Å². The molecule has 1 aromatic heterocycles. The fourth-order valence-corrected chi connectivity index (χ4v) is 3.20. The molecule has 1 fully saturated rings. The van der Waals surface area contributed by atoms with Gasteiger partial charge in [-0.25, -0.2) is 9.97 Å². The Morgan fingerprint density at radius 3 is 2.33 bits per heavy atom. The summed E-state index contributed by atoms with van der Waals surface area (Å²) < 4.78 is 0. The van der Waals surface area contributed by atoms with Crippen LogP contribution >= 0.6 is 0 Å². The van der Waals surface area contributed by atoms with Crippen LogP contribution < -0.4 is 10.6 Å². The largest absolute Gasteiger partial charge is 0.361 e. The average Bonchev–Trinajstić information content (AvgIpc) is 2.99. The van der Waals surface area contributed by atoms with Gasteiger partial charge in [0.1, 0.15) is 6.33 Å². The van der Waals surface area contributed by atoms with Crippen LogP contribution in [0, 0.1) is 24.0 Å². The van der Waals surface area contributed by atoms with E-state index >= 15 is 0 Å². The second-order valence-corrected chi connectivity index (χ2v) is 6.30. The molecule has 1 aromatic carbocycles. The Kier molecular flexibility index (Phi) is 4.59. The van der Waals surface area contributed by atoms with Gasteiger partial charge in [0.05, 0.1) is 4.92 Å². The van der Waals surface area contributed by atoms with Crippen molar-refractivity contribution in [2.75, 3.05) is 10.6 Å². The maximum Gasteiger partial charge on any atom is 0.353 e. The van der Waals surface area contributed by atoms with E-state index < -0.39 is 4.92 Å². The summed E-state index contributed by atoms with van der Waals surface area (Å²) >= 11 is 0. The van der Waals surface area contributed by atoms with Crippen LogP contribution in [0.3, 0.4) is 0 Å². The van der Waals surface area contributed by atoms with Crippen molar-refractivity contribution in [1.29, 1.82) is 0 Å². The van der Waals surface area contributed by atoms with E-state index in [2.05, 4.69) is 20.6 Å². The molecule has 0 unspecified atom stereocenters. The predicted octanol–water partition coefficient (Wildman–Crippen LogP) is 4.10. The van der Waals surface area contributed by atoms with Crippen LogP contribution in [0.5, 0.6) is 0 Å². The average molecular weight is 327 g/mol. The van der Waals surface area contributed by atoms with Crippen molar-refractivity contribution in [2.45, 2.75) is 45.6 Å². The zero-order valence-electron chi connectivity index (χ0n) is 13.9. The van der Waals surface area contributed by atoms with E-state index in [1.54, 1.807) is 0 Å². The number of nitrogens with zero attached hydrogens (tertiary/aromatic N) is 3. The quantitative estimate of drug-likeness (QED) is 0.634. The van der Waals surface area contributed by atoms with Crippen molar-refractivity contribution in [3.05, 3.63) is 45.8 Å². The van der Waals surface area contributed by atoms with Crippen LogP contribution in [0.2, 0.25) is 0 Å². The molecular weight excluding hydrogens is 306 g/mol. The van der Waals surface area contributed by atoms with Gasteiger partial charge >= 0.3 is 5.69 Å². The maximum absolute atomic E-state index is 11.6. The van der Waals surface area contributed by atoms with Crippen molar-refractivity contribution in [1.82, 2.24) is 9.97 Å². The lowest BCUT2D eigenvalue weighted by atomic mass is 10.1. The zero-order valence-corrected chi connectivity index (χ0v) is 13.9. The molecule has 0 atom stereocenters. The van der Waals surface area contributed by atoms with Gasteiger partial charge < -0.3 is 10.6 Å². The minimum atomic E-state index is -0.428. The summed E-state index contributed by atoms with van der Waals surface area (Å²) in [6, 6.07) is 6.16. The van der Waals surface area contributed by atoms with Crippen LogP contribution in [-0.4, -0.2) is 20.9 Å². The number of rotatable bonds is 5. The van der Waals surface area contributed by atoms with Gasteiger partial charge in [0.2, 0.25) is 11.6 Å². The highest BCUT2D eigenvalue weighted by Crippen LogP contribution is 2.33. The topological polar surface area (TPSA) is 93.0 Å². The van der Waals surface area contributed by atoms with Crippen molar-refractivity contribution >= 4 is 23.0 Å². The molecule has 0 amide bonds. The molecule has 0 spiro atoms. The first kappa shape index (κ1) is 16.2. The molecule has 1 saturated carbocycles. The Morgan fingerprint density at radius 2 is 1.71 bits per heavy atom. The SMILES string of the molecule is Cc1cc(C)cc(Nc2ncnc(NC3CCCC3)c2[N+](=O)[O-])c1.